The minimum atomic E-state index is -0.656. The Labute approximate surface area is 237 Å². The maximum absolute atomic E-state index is 4.37. The molecule has 4 aromatic carbocycles. The second-order valence-electron chi connectivity index (χ2n) is 9.88. The van der Waals surface area contributed by atoms with Gasteiger partial charge >= 0.3 is 0 Å². The van der Waals surface area contributed by atoms with Gasteiger partial charge in [0.2, 0.25) is 0 Å². The maximum atomic E-state index is 4.37. The first-order valence-electron chi connectivity index (χ1n) is 14.1. The third-order valence-electron chi connectivity index (χ3n) is 7.64. The molecule has 39 heavy (non-hydrogen) atoms. The molecule has 0 saturated carbocycles. The van der Waals surface area contributed by atoms with E-state index < -0.39 is 9.52 Å². The molecular weight excluding hydrogens is 487 g/mol. The second-order valence-corrected chi connectivity index (χ2v) is 11.7. The predicted molar refractivity (Wildman–Crippen MR) is 172 cm³/mol. The van der Waals surface area contributed by atoms with E-state index in [9.17, 15) is 0 Å². The largest absolute Gasteiger partial charge is 0.326 e. The van der Waals surface area contributed by atoms with Crippen LogP contribution in [0.3, 0.4) is 0 Å². The molecule has 0 N–H and O–H groups in total. The zero-order valence-electron chi connectivity index (χ0n) is 23.4. The van der Waals surface area contributed by atoms with Gasteiger partial charge in [0.1, 0.15) is 7.85 Å². The lowest BCUT2D eigenvalue weighted by molar-refractivity contribution is 0.596. The molecular formula is C35H39BN2Si. The molecule has 0 bridgehead atoms. The molecule has 5 rings (SSSR count). The molecule has 1 aromatic heterocycles. The standard InChI is InChI=1S/C22H26N2Si.C13H13B/c1-3-19(4-2)17-25-22(24-16-15-23-18-24,20-11-7-5-8-12-20)21-13-9-6-10-14-21;14-13(11-7-3-1-4-8-11)12-9-5-2-6-10-12/h5-18H,3-4,25H2,1-2H3;1-10,13H,14H2. The molecule has 0 radical (unpaired) electrons. The van der Waals surface area contributed by atoms with Gasteiger partial charge in [0.25, 0.3) is 0 Å². The van der Waals surface area contributed by atoms with Crippen molar-refractivity contribution in [2.24, 2.45) is 0 Å². The van der Waals surface area contributed by atoms with E-state index in [-0.39, 0.29) is 5.16 Å². The number of hydrogen-bond acceptors (Lipinski definition) is 1. The molecule has 4 heteroatoms. The van der Waals surface area contributed by atoms with Crippen LogP contribution in [0.5, 0.6) is 0 Å². The Kier molecular flexibility index (Phi) is 10.3. The van der Waals surface area contributed by atoms with Crippen molar-refractivity contribution in [3.8, 4) is 0 Å². The number of aromatic nitrogens is 2. The zero-order chi connectivity index (χ0) is 27.3. The van der Waals surface area contributed by atoms with Crippen molar-refractivity contribution in [2.75, 3.05) is 0 Å². The fourth-order valence-electron chi connectivity index (χ4n) is 5.23. The number of benzene rings is 4. The predicted octanol–water partition coefficient (Wildman–Crippen LogP) is 6.91. The van der Waals surface area contributed by atoms with Crippen LogP contribution in [0.1, 0.15) is 54.8 Å². The highest BCUT2D eigenvalue weighted by Gasteiger charge is 2.35. The first-order valence-corrected chi connectivity index (χ1v) is 15.6. The van der Waals surface area contributed by atoms with E-state index >= 15 is 0 Å². The Balaban J connectivity index is 0.000000212. The molecule has 0 amide bonds. The highest BCUT2D eigenvalue weighted by Crippen LogP contribution is 2.34. The zero-order valence-corrected chi connectivity index (χ0v) is 24.9. The van der Waals surface area contributed by atoms with Gasteiger partial charge in [0, 0.05) is 12.4 Å². The number of imidazole rings is 1. The third kappa shape index (κ3) is 6.96. The van der Waals surface area contributed by atoms with Crippen LogP contribution >= 0.6 is 0 Å². The van der Waals surface area contributed by atoms with E-state index in [0.717, 1.165) is 12.8 Å². The maximum Gasteiger partial charge on any atom is 0.116 e. The Morgan fingerprint density at radius 1 is 0.744 bits per heavy atom. The van der Waals surface area contributed by atoms with E-state index in [0.29, 0.717) is 5.82 Å². The van der Waals surface area contributed by atoms with Crippen LogP contribution in [-0.2, 0) is 5.16 Å². The van der Waals surface area contributed by atoms with Gasteiger partial charge in [0.05, 0.1) is 21.0 Å². The molecule has 0 atom stereocenters. The van der Waals surface area contributed by atoms with Crippen molar-refractivity contribution in [1.82, 2.24) is 9.55 Å². The number of allylic oxidation sites excluding steroid dienone is 1. The first kappa shape index (κ1) is 28.1. The van der Waals surface area contributed by atoms with Crippen molar-refractivity contribution in [3.63, 3.8) is 0 Å². The van der Waals surface area contributed by atoms with E-state index in [1.54, 1.807) is 5.57 Å². The molecule has 2 nitrogen and oxygen atoms in total. The summed E-state index contributed by atoms with van der Waals surface area (Å²) in [7, 11) is 1.59. The Morgan fingerprint density at radius 2 is 1.18 bits per heavy atom. The van der Waals surface area contributed by atoms with Crippen molar-refractivity contribution in [1.29, 1.82) is 0 Å². The normalized spacial score (nSPS) is 11.3. The summed E-state index contributed by atoms with van der Waals surface area (Å²) in [5.41, 5.74) is 9.54. The van der Waals surface area contributed by atoms with Gasteiger partial charge in [-0.2, -0.15) is 0 Å². The summed E-state index contributed by atoms with van der Waals surface area (Å²) in [4.78, 5) is 4.37. The van der Waals surface area contributed by atoms with Gasteiger partial charge in [-0.1, -0.05) is 146 Å². The van der Waals surface area contributed by atoms with E-state index in [1.807, 2.05) is 12.5 Å². The summed E-state index contributed by atoms with van der Waals surface area (Å²) in [6, 6.07) is 43.0. The van der Waals surface area contributed by atoms with Gasteiger partial charge in [-0.3, -0.25) is 0 Å². The van der Waals surface area contributed by atoms with E-state index in [1.165, 1.54) is 22.3 Å². The molecule has 0 aliphatic heterocycles. The fourth-order valence-corrected chi connectivity index (χ4v) is 7.73. The summed E-state index contributed by atoms with van der Waals surface area (Å²) in [6.45, 7) is 4.52. The molecule has 5 aromatic rings. The summed E-state index contributed by atoms with van der Waals surface area (Å²) in [6.07, 6.45) is 8.23. The summed E-state index contributed by atoms with van der Waals surface area (Å²) >= 11 is 0. The molecule has 1 heterocycles. The molecule has 0 fully saturated rings. The minimum absolute atomic E-state index is 0.144. The summed E-state index contributed by atoms with van der Waals surface area (Å²) in [5, 5.41) is -0.144. The van der Waals surface area contributed by atoms with Crippen LogP contribution in [-0.4, -0.2) is 26.9 Å². The second kappa shape index (κ2) is 14.3. The first-order chi connectivity index (χ1) is 19.2. The minimum Gasteiger partial charge on any atom is -0.326 e. The smallest absolute Gasteiger partial charge is 0.116 e. The van der Waals surface area contributed by atoms with Crippen molar-refractivity contribution >= 4 is 17.4 Å². The monoisotopic (exact) mass is 526 g/mol. The van der Waals surface area contributed by atoms with Gasteiger partial charge in [-0.25, -0.2) is 4.98 Å². The van der Waals surface area contributed by atoms with Gasteiger partial charge in [-0.05, 0) is 40.9 Å². The molecule has 0 aliphatic carbocycles. The van der Waals surface area contributed by atoms with E-state index in [2.05, 4.69) is 164 Å². The lowest BCUT2D eigenvalue weighted by Gasteiger charge is -2.36. The van der Waals surface area contributed by atoms with Crippen molar-refractivity contribution in [2.45, 2.75) is 37.7 Å². The summed E-state index contributed by atoms with van der Waals surface area (Å²) < 4.78 is 2.31. The average molecular weight is 527 g/mol. The van der Waals surface area contributed by atoms with Gasteiger partial charge in [-0.15, -0.1) is 0 Å². The highest BCUT2D eigenvalue weighted by atomic mass is 28.2. The Morgan fingerprint density at radius 3 is 1.56 bits per heavy atom. The van der Waals surface area contributed by atoms with Crippen LogP contribution < -0.4 is 0 Å². The van der Waals surface area contributed by atoms with Crippen LogP contribution in [0.15, 0.2) is 151 Å². The van der Waals surface area contributed by atoms with Crippen molar-refractivity contribution in [3.05, 3.63) is 174 Å². The van der Waals surface area contributed by atoms with Crippen LogP contribution in [0.25, 0.3) is 0 Å². The molecule has 0 spiro atoms. The molecule has 196 valence electrons. The fraction of sp³-hybridized carbons (Fsp3) is 0.171. The van der Waals surface area contributed by atoms with Crippen LogP contribution in [0.4, 0.5) is 0 Å². The highest BCUT2D eigenvalue weighted by molar-refractivity contribution is 6.47. The van der Waals surface area contributed by atoms with Crippen LogP contribution in [0, 0.1) is 0 Å². The van der Waals surface area contributed by atoms with E-state index in [4.69, 9.17) is 0 Å². The van der Waals surface area contributed by atoms with Gasteiger partial charge < -0.3 is 4.57 Å². The number of hydrogen-bond donors (Lipinski definition) is 0. The van der Waals surface area contributed by atoms with Crippen molar-refractivity contribution < 1.29 is 0 Å². The topological polar surface area (TPSA) is 17.8 Å². The summed E-state index contributed by atoms with van der Waals surface area (Å²) in [5.74, 6) is 0.484. The van der Waals surface area contributed by atoms with Gasteiger partial charge in [0.15, 0.2) is 0 Å². The molecule has 0 aliphatic rings. The number of nitrogens with zero attached hydrogens (tertiary/aromatic N) is 2. The molecule has 0 unspecified atom stereocenters. The molecule has 0 saturated heterocycles. The quantitative estimate of drug-likeness (QED) is 0.191. The SMILES string of the molecule is BC(c1ccccc1)c1ccccc1.CCC(=C[SiH2]C(c1ccccc1)(c1ccccc1)n1ccnc1)CC. The van der Waals surface area contributed by atoms with Crippen LogP contribution in [0.2, 0.25) is 0 Å². The third-order valence-corrected chi connectivity index (χ3v) is 10.2. The Hall–Kier alpha value is -3.89. The Bertz CT molecular complexity index is 1300. The lowest BCUT2D eigenvalue weighted by Crippen LogP contribution is -2.41. The lowest BCUT2D eigenvalue weighted by atomic mass is 9.76. The number of rotatable bonds is 9. The average Bonchev–Trinajstić information content (AvgIpc) is 3.57.